The summed E-state index contributed by atoms with van der Waals surface area (Å²) in [6.45, 7) is 0. The molecule has 0 N–H and O–H groups in total. The average Bonchev–Trinajstić information content (AvgIpc) is 1.00. The Morgan fingerprint density at radius 3 is 1.17 bits per heavy atom. The second kappa shape index (κ2) is 33.5. The molecule has 0 aromatic heterocycles. The van der Waals surface area contributed by atoms with Crippen LogP contribution < -0.4 is 0 Å². The molecule has 6 heavy (non-hydrogen) atoms. The van der Waals surface area contributed by atoms with Crippen molar-refractivity contribution in [2.45, 2.75) is 0 Å². The van der Waals surface area contributed by atoms with Crippen LogP contribution in [0.15, 0.2) is 0 Å². The first-order valence-corrected chi connectivity index (χ1v) is 4.37. The molecule has 1 radical (unpaired) electrons. The van der Waals surface area contributed by atoms with E-state index in [0.717, 1.165) is 8.85 Å². The van der Waals surface area contributed by atoms with Crippen LogP contribution >= 0.6 is 0 Å². The summed E-state index contributed by atoms with van der Waals surface area (Å²) in [5.74, 6) is 0. The van der Waals surface area contributed by atoms with E-state index < -0.39 is 0 Å². The molecule has 0 saturated carbocycles. The van der Waals surface area contributed by atoms with Crippen molar-refractivity contribution >= 4 is 113 Å². The summed E-state index contributed by atoms with van der Waals surface area (Å²) in [6.07, 6.45) is 0. The molecular weight excluding hydrogens is 343 g/mol. The van der Waals surface area contributed by atoms with Gasteiger partial charge >= 0.3 is 111 Å². The molecule has 0 spiro atoms. The Labute approximate surface area is 141 Å². The van der Waals surface area contributed by atoms with Crippen LogP contribution in [0.1, 0.15) is 0 Å². The van der Waals surface area contributed by atoms with Crippen LogP contribution in [0.2, 0.25) is 0 Å². The third-order valence-corrected chi connectivity index (χ3v) is 0. The van der Waals surface area contributed by atoms with Crippen LogP contribution in [0.5, 0.6) is 0 Å². The first-order chi connectivity index (χ1) is 1.00. The van der Waals surface area contributed by atoms with Crippen molar-refractivity contribution in [1.82, 2.24) is 0 Å². The van der Waals surface area contributed by atoms with Gasteiger partial charge in [0.2, 0.25) is 0 Å². The molecule has 0 bridgehead atoms. The Bertz CT molecular complexity index is 15.5. The van der Waals surface area contributed by atoms with Crippen molar-refractivity contribution in [1.29, 1.82) is 0 Å². The summed E-state index contributed by atoms with van der Waals surface area (Å²) in [5.41, 5.74) is 0. The topological polar surface area (TPSA) is 0 Å². The average molecular weight is 353 g/mol. The van der Waals surface area contributed by atoms with Gasteiger partial charge in [-0.3, -0.25) is 0 Å². The molecule has 0 aromatic rings. The van der Waals surface area contributed by atoms with E-state index in [0.29, 0.717) is 0 Å². The van der Waals surface area contributed by atoms with E-state index >= 15 is 0 Å². The minimum absolute atomic E-state index is 0. The Morgan fingerprint density at radius 1 is 1.17 bits per heavy atom. The maximum absolute atomic E-state index is 3.39. The van der Waals surface area contributed by atoms with Gasteiger partial charge in [0.1, 0.15) is 0 Å². The standard InChI is InChI=1S/Al.Ba.Ca.Fe.Mn.H3Si.7H/h;;;;;1H3;;;;;;;. The van der Waals surface area contributed by atoms with Crippen LogP contribution in [0.25, 0.3) is 0 Å². The molecular formula is H10AlBaCaFeMnSi. The van der Waals surface area contributed by atoms with Crippen molar-refractivity contribution in [2.24, 2.45) is 0 Å². The van der Waals surface area contributed by atoms with E-state index in [1.807, 2.05) is 0 Å². The van der Waals surface area contributed by atoms with E-state index in [9.17, 15) is 0 Å². The molecule has 0 amide bonds. The SMILES string of the molecule is [AlH3].[BaH2].[CaH2].[Mn].[SiH3][Fe]. The van der Waals surface area contributed by atoms with Crippen molar-refractivity contribution in [3.63, 3.8) is 0 Å². The van der Waals surface area contributed by atoms with E-state index in [1.165, 1.54) is 0 Å². The Kier molecular flexibility index (Phi) is 174. The molecule has 0 aromatic carbocycles. The molecule has 0 aliphatic rings. The van der Waals surface area contributed by atoms with Gasteiger partial charge in [0, 0.05) is 17.1 Å². The van der Waals surface area contributed by atoms with E-state index in [1.54, 1.807) is 0 Å². The molecule has 0 aliphatic heterocycles. The van der Waals surface area contributed by atoms with Crippen LogP contribution in [0, 0.1) is 0 Å². The first kappa shape index (κ1) is 31.1. The van der Waals surface area contributed by atoms with Crippen molar-refractivity contribution in [2.75, 3.05) is 0 Å². The number of hydrogen-bond donors (Lipinski definition) is 0. The van der Waals surface area contributed by atoms with Crippen molar-refractivity contribution in [3.8, 4) is 0 Å². The summed E-state index contributed by atoms with van der Waals surface area (Å²) in [7, 11) is 1.06. The van der Waals surface area contributed by atoms with Gasteiger partial charge in [-0.05, 0) is 0 Å². The molecule has 36 valence electrons. The molecule has 0 nitrogen and oxygen atoms in total. The van der Waals surface area contributed by atoms with Gasteiger partial charge in [0.25, 0.3) is 0 Å². The number of rotatable bonds is 0. The summed E-state index contributed by atoms with van der Waals surface area (Å²) >= 11 is 3.39. The molecule has 0 atom stereocenters. The van der Waals surface area contributed by atoms with Crippen LogP contribution in [0.3, 0.4) is 0 Å². The van der Waals surface area contributed by atoms with Gasteiger partial charge in [-0.1, -0.05) is 0 Å². The zero-order chi connectivity index (χ0) is 2.00. The fraction of sp³-hybridized carbons (Fsp3) is 0. The van der Waals surface area contributed by atoms with Gasteiger partial charge in [-0.15, -0.1) is 0 Å². The van der Waals surface area contributed by atoms with Crippen LogP contribution in [0.4, 0.5) is 0 Å². The van der Waals surface area contributed by atoms with E-state index in [4.69, 9.17) is 0 Å². The van der Waals surface area contributed by atoms with Crippen LogP contribution in [-0.4, -0.2) is 113 Å². The predicted molar refractivity (Wildman–Crippen MR) is 37.0 cm³/mol. The Morgan fingerprint density at radius 2 is 1.17 bits per heavy atom. The first-order valence-electron chi connectivity index (χ1n) is 0.354. The van der Waals surface area contributed by atoms with Gasteiger partial charge in [-0.25, -0.2) is 0 Å². The predicted octanol–water partition coefficient (Wildman–Crippen LogP) is -4.21. The molecule has 0 unspecified atom stereocenters. The molecule has 6 heteroatoms. The second-order valence-corrected chi connectivity index (χ2v) is 0. The van der Waals surface area contributed by atoms with E-state index in [2.05, 4.69) is 15.4 Å². The van der Waals surface area contributed by atoms with Gasteiger partial charge in [0.15, 0.2) is 17.4 Å². The minimum atomic E-state index is 0. The fourth-order valence-electron chi connectivity index (χ4n) is 0. The molecule has 0 aliphatic carbocycles. The normalized spacial score (nSPS) is 1.50. The van der Waals surface area contributed by atoms with Gasteiger partial charge in [0.05, 0.1) is 0 Å². The van der Waals surface area contributed by atoms with Gasteiger partial charge in [-0.2, -0.15) is 0 Å². The van der Waals surface area contributed by atoms with Gasteiger partial charge < -0.3 is 0 Å². The quantitative estimate of drug-likeness (QED) is 0.388. The monoisotopic (exact) mass is 354 g/mol. The zero-order valence-electron chi connectivity index (χ0n) is 1.73. The summed E-state index contributed by atoms with van der Waals surface area (Å²) in [4.78, 5) is 0. The summed E-state index contributed by atoms with van der Waals surface area (Å²) < 4.78 is 0. The summed E-state index contributed by atoms with van der Waals surface area (Å²) in [6, 6.07) is 0. The van der Waals surface area contributed by atoms with Crippen molar-refractivity contribution in [3.05, 3.63) is 0 Å². The Balaban J connectivity index is -0.000000000833. The second-order valence-electron chi connectivity index (χ2n) is 0. The van der Waals surface area contributed by atoms with Crippen LogP contribution in [-0.2, 0) is 32.4 Å². The third-order valence-electron chi connectivity index (χ3n) is 0. The van der Waals surface area contributed by atoms with E-state index in [-0.39, 0.29) is 121 Å². The van der Waals surface area contributed by atoms with Crippen molar-refractivity contribution < 1.29 is 32.4 Å². The maximum atomic E-state index is 3.39. The molecule has 0 saturated heterocycles. The Hall–Kier alpha value is 4.62. The molecule has 0 heterocycles. The molecule has 0 fully saturated rings. The number of hydrogen-bond acceptors (Lipinski definition) is 0. The third kappa shape index (κ3) is 23.5. The zero-order valence-corrected chi connectivity index (χ0v) is 6.02. The fourth-order valence-corrected chi connectivity index (χ4v) is 0. The molecule has 0 rings (SSSR count). The summed E-state index contributed by atoms with van der Waals surface area (Å²) in [5, 5.41) is 0.